The molecule has 1 heterocycles. The summed E-state index contributed by atoms with van der Waals surface area (Å²) in [6, 6.07) is 0. The van der Waals surface area contributed by atoms with Gasteiger partial charge in [-0.3, -0.25) is 0 Å². The molecule has 1 saturated heterocycles. The van der Waals surface area contributed by atoms with Gasteiger partial charge in [0.25, 0.3) is 0 Å². The van der Waals surface area contributed by atoms with Crippen LogP contribution < -0.4 is 0 Å². The summed E-state index contributed by atoms with van der Waals surface area (Å²) in [4.78, 5) is 10.6. The van der Waals surface area contributed by atoms with E-state index in [0.29, 0.717) is 17.3 Å². The number of ether oxygens (including phenoxy) is 1. The fourth-order valence-electron chi connectivity index (χ4n) is 2.83. The van der Waals surface area contributed by atoms with Crippen molar-refractivity contribution in [3.63, 3.8) is 0 Å². The van der Waals surface area contributed by atoms with Crippen molar-refractivity contribution in [1.29, 1.82) is 0 Å². The normalized spacial score (nSPS) is 37.0. The predicted octanol–water partition coefficient (Wildman–Crippen LogP) is 2.03. The predicted molar refractivity (Wildman–Crippen MR) is 50.4 cm³/mol. The zero-order valence-electron chi connectivity index (χ0n) is 8.29. The summed E-state index contributed by atoms with van der Waals surface area (Å²) in [5, 5.41) is 0. The third kappa shape index (κ3) is 1.52. The summed E-state index contributed by atoms with van der Waals surface area (Å²) in [5.74, 6) is 1.05. The third-order valence-corrected chi connectivity index (χ3v) is 3.99. The molecule has 2 nitrogen and oxygen atoms in total. The van der Waals surface area contributed by atoms with Crippen LogP contribution in [-0.4, -0.2) is 19.5 Å². The summed E-state index contributed by atoms with van der Waals surface area (Å²) in [6.07, 6.45) is 5.83. The van der Waals surface area contributed by atoms with Crippen LogP contribution in [0.4, 0.5) is 0 Å². The molecule has 2 fully saturated rings. The summed E-state index contributed by atoms with van der Waals surface area (Å²) in [5.41, 5.74) is 0.448. The molecule has 13 heavy (non-hydrogen) atoms. The Bertz CT molecular complexity index is 194. The Kier molecular flexibility index (Phi) is 2.41. The molecule has 0 bridgehead atoms. The molecule has 1 aliphatic heterocycles. The first-order valence-electron chi connectivity index (χ1n) is 5.35. The van der Waals surface area contributed by atoms with Crippen molar-refractivity contribution in [2.75, 3.05) is 13.2 Å². The Balaban J connectivity index is 2.02. The molecule has 0 spiro atoms. The Hall–Kier alpha value is -0.370. The van der Waals surface area contributed by atoms with Crippen LogP contribution in [0.1, 0.15) is 32.6 Å². The van der Waals surface area contributed by atoms with E-state index in [-0.39, 0.29) is 0 Å². The Morgan fingerprint density at radius 1 is 1.46 bits per heavy atom. The minimum atomic E-state index is 0.373. The largest absolute Gasteiger partial charge is 0.381 e. The highest BCUT2D eigenvalue weighted by Gasteiger charge is 2.51. The number of carbonyl (C=O) groups excluding carboxylic acids is 1. The minimum absolute atomic E-state index is 0.373. The van der Waals surface area contributed by atoms with Gasteiger partial charge in [-0.05, 0) is 30.6 Å². The molecule has 2 atom stereocenters. The molecular weight excluding hydrogens is 164 g/mol. The van der Waals surface area contributed by atoms with E-state index in [4.69, 9.17) is 4.74 Å². The molecule has 0 N–H and O–H groups in total. The fourth-order valence-corrected chi connectivity index (χ4v) is 2.83. The molecule has 2 heteroatoms. The first-order chi connectivity index (χ1) is 6.32. The van der Waals surface area contributed by atoms with Gasteiger partial charge >= 0.3 is 0 Å². The monoisotopic (exact) mass is 182 g/mol. The Morgan fingerprint density at radius 2 is 2.15 bits per heavy atom. The molecule has 0 amide bonds. The average Bonchev–Trinajstić information content (AvgIpc) is 2.98. The van der Waals surface area contributed by atoms with Crippen LogP contribution in [0.2, 0.25) is 0 Å². The van der Waals surface area contributed by atoms with Crippen molar-refractivity contribution in [2.45, 2.75) is 32.6 Å². The molecule has 1 aliphatic carbocycles. The van der Waals surface area contributed by atoms with E-state index < -0.39 is 0 Å². The van der Waals surface area contributed by atoms with Crippen LogP contribution in [0.15, 0.2) is 0 Å². The fraction of sp³-hybridized carbons (Fsp3) is 0.909. The lowest BCUT2D eigenvalue weighted by Gasteiger charge is -2.37. The second kappa shape index (κ2) is 3.41. The second-order valence-corrected chi connectivity index (χ2v) is 4.47. The first-order valence-corrected chi connectivity index (χ1v) is 5.35. The molecule has 74 valence electrons. The lowest BCUT2D eigenvalue weighted by Crippen LogP contribution is -2.31. The lowest BCUT2D eigenvalue weighted by molar-refractivity contribution is -0.109. The first kappa shape index (κ1) is 9.20. The number of hydrogen-bond acceptors (Lipinski definition) is 2. The third-order valence-electron chi connectivity index (χ3n) is 3.99. The standard InChI is InChI=1S/C11H18O2/c1-2-11(3-5-13-6-4-11)10-7-9(10)8-12/h8-10H,2-7H2,1H3/t9-,10-/m0/s1. The molecule has 2 aliphatic rings. The van der Waals surface area contributed by atoms with Gasteiger partial charge in [-0.25, -0.2) is 0 Å². The number of rotatable bonds is 3. The summed E-state index contributed by atoms with van der Waals surface area (Å²) in [7, 11) is 0. The van der Waals surface area contributed by atoms with Crippen LogP contribution in [0, 0.1) is 17.3 Å². The maximum absolute atomic E-state index is 10.6. The van der Waals surface area contributed by atoms with Gasteiger partial charge in [-0.15, -0.1) is 0 Å². The van der Waals surface area contributed by atoms with Crippen LogP contribution in [0.5, 0.6) is 0 Å². The van der Waals surface area contributed by atoms with E-state index in [1.165, 1.54) is 19.3 Å². The smallest absolute Gasteiger partial charge is 0.123 e. The van der Waals surface area contributed by atoms with Crippen molar-refractivity contribution in [3.8, 4) is 0 Å². The van der Waals surface area contributed by atoms with Gasteiger partial charge in [0.1, 0.15) is 6.29 Å². The number of hydrogen-bond donors (Lipinski definition) is 0. The highest BCUT2D eigenvalue weighted by molar-refractivity contribution is 5.58. The van der Waals surface area contributed by atoms with Crippen molar-refractivity contribution in [1.82, 2.24) is 0 Å². The summed E-state index contributed by atoms with van der Waals surface area (Å²) < 4.78 is 5.39. The molecule has 0 unspecified atom stereocenters. The van der Waals surface area contributed by atoms with Gasteiger partial charge in [0.15, 0.2) is 0 Å². The SMILES string of the molecule is CCC1([C@H]2C[C@H]2C=O)CCOCC1. The zero-order valence-corrected chi connectivity index (χ0v) is 8.29. The van der Waals surface area contributed by atoms with E-state index in [1.54, 1.807) is 0 Å². The van der Waals surface area contributed by atoms with Gasteiger partial charge in [-0.1, -0.05) is 13.3 Å². The van der Waals surface area contributed by atoms with E-state index in [9.17, 15) is 4.79 Å². The van der Waals surface area contributed by atoms with Crippen LogP contribution >= 0.6 is 0 Å². The van der Waals surface area contributed by atoms with Crippen molar-refractivity contribution in [2.24, 2.45) is 17.3 Å². The Labute approximate surface area is 79.7 Å². The quantitative estimate of drug-likeness (QED) is 0.624. The van der Waals surface area contributed by atoms with Gasteiger partial charge < -0.3 is 9.53 Å². The summed E-state index contributed by atoms with van der Waals surface area (Å²) >= 11 is 0. The molecular formula is C11H18O2. The summed E-state index contributed by atoms with van der Waals surface area (Å²) in [6.45, 7) is 4.05. The highest BCUT2D eigenvalue weighted by Crippen LogP contribution is 2.56. The maximum Gasteiger partial charge on any atom is 0.123 e. The highest BCUT2D eigenvalue weighted by atomic mass is 16.5. The number of carbonyl (C=O) groups is 1. The van der Waals surface area contributed by atoms with E-state index in [0.717, 1.165) is 25.9 Å². The van der Waals surface area contributed by atoms with E-state index in [2.05, 4.69) is 6.92 Å². The molecule has 1 saturated carbocycles. The molecule has 0 radical (unpaired) electrons. The molecule has 0 aromatic carbocycles. The zero-order chi connectivity index (χ0) is 9.31. The van der Waals surface area contributed by atoms with Crippen molar-refractivity contribution < 1.29 is 9.53 Å². The van der Waals surface area contributed by atoms with Gasteiger partial charge in [0.05, 0.1) is 0 Å². The maximum atomic E-state index is 10.6. The van der Waals surface area contributed by atoms with Crippen LogP contribution in [0.3, 0.4) is 0 Å². The number of aldehydes is 1. The molecule has 0 aromatic heterocycles. The Morgan fingerprint density at radius 3 is 2.62 bits per heavy atom. The van der Waals surface area contributed by atoms with Crippen molar-refractivity contribution >= 4 is 6.29 Å². The second-order valence-electron chi connectivity index (χ2n) is 4.47. The van der Waals surface area contributed by atoms with E-state index in [1.807, 2.05) is 0 Å². The minimum Gasteiger partial charge on any atom is -0.381 e. The van der Waals surface area contributed by atoms with Crippen LogP contribution in [0.25, 0.3) is 0 Å². The van der Waals surface area contributed by atoms with Gasteiger partial charge in [0, 0.05) is 19.1 Å². The van der Waals surface area contributed by atoms with Crippen LogP contribution in [-0.2, 0) is 9.53 Å². The van der Waals surface area contributed by atoms with E-state index >= 15 is 0 Å². The van der Waals surface area contributed by atoms with Gasteiger partial charge in [0.2, 0.25) is 0 Å². The lowest BCUT2D eigenvalue weighted by atomic mass is 9.73. The molecule has 0 aromatic rings. The topological polar surface area (TPSA) is 26.3 Å². The van der Waals surface area contributed by atoms with Crippen molar-refractivity contribution in [3.05, 3.63) is 0 Å². The van der Waals surface area contributed by atoms with Gasteiger partial charge in [-0.2, -0.15) is 0 Å². The average molecular weight is 182 g/mol. The molecule has 2 rings (SSSR count).